The van der Waals surface area contributed by atoms with E-state index in [0.29, 0.717) is 10.1 Å². The van der Waals surface area contributed by atoms with Gasteiger partial charge in [-0.05, 0) is 33.7 Å². The molecule has 0 aliphatic carbocycles. The molecule has 0 saturated carbocycles. The van der Waals surface area contributed by atoms with Gasteiger partial charge in [-0.2, -0.15) is 0 Å². The fourth-order valence-electron chi connectivity index (χ4n) is 1.83. The Bertz CT molecular complexity index is 132. The summed E-state index contributed by atoms with van der Waals surface area (Å²) in [7, 11) is 0. The summed E-state index contributed by atoms with van der Waals surface area (Å²) in [6, 6.07) is 0.712. The molecule has 0 amide bonds. The van der Waals surface area contributed by atoms with E-state index >= 15 is 0 Å². The monoisotopic (exact) mass is 296 g/mol. The van der Waals surface area contributed by atoms with Crippen molar-refractivity contribution in [2.45, 2.75) is 37.3 Å². The molecule has 13 heavy (non-hydrogen) atoms. The van der Waals surface area contributed by atoms with E-state index in [9.17, 15) is 0 Å². The van der Waals surface area contributed by atoms with E-state index in [1.54, 1.807) is 0 Å². The molecule has 1 atom stereocenters. The topological polar surface area (TPSA) is 6.48 Å². The lowest BCUT2D eigenvalue weighted by molar-refractivity contribution is 0.220. The van der Waals surface area contributed by atoms with Gasteiger partial charge in [-0.3, -0.25) is 9.80 Å². The van der Waals surface area contributed by atoms with Crippen molar-refractivity contribution in [2.24, 2.45) is 0 Å². The van der Waals surface area contributed by atoms with Crippen molar-refractivity contribution in [3.63, 3.8) is 0 Å². The molecule has 0 aromatic heterocycles. The SMILES string of the molecule is CC(C)N1CCCN(C(C)I)CC1. The first-order valence-corrected chi connectivity index (χ1v) is 6.48. The second-order valence-electron chi connectivity index (χ2n) is 4.09. The van der Waals surface area contributed by atoms with Gasteiger partial charge in [-0.15, -0.1) is 0 Å². The maximum atomic E-state index is 2.58. The highest BCUT2D eigenvalue weighted by Crippen LogP contribution is 2.12. The lowest BCUT2D eigenvalue weighted by Gasteiger charge is -2.25. The highest BCUT2D eigenvalue weighted by Gasteiger charge is 2.18. The van der Waals surface area contributed by atoms with Crippen LogP contribution in [0, 0.1) is 0 Å². The van der Waals surface area contributed by atoms with Crippen LogP contribution < -0.4 is 0 Å². The van der Waals surface area contributed by atoms with Gasteiger partial charge in [0.05, 0.1) is 4.05 Å². The van der Waals surface area contributed by atoms with Gasteiger partial charge in [0.15, 0.2) is 0 Å². The molecule has 1 rings (SSSR count). The van der Waals surface area contributed by atoms with Crippen molar-refractivity contribution >= 4 is 22.6 Å². The van der Waals surface area contributed by atoms with Crippen LogP contribution >= 0.6 is 22.6 Å². The van der Waals surface area contributed by atoms with Gasteiger partial charge in [-0.25, -0.2) is 0 Å². The van der Waals surface area contributed by atoms with Gasteiger partial charge in [0.1, 0.15) is 0 Å². The molecule has 2 nitrogen and oxygen atoms in total. The molecule has 0 bridgehead atoms. The molecule has 0 N–H and O–H groups in total. The third kappa shape index (κ3) is 3.72. The fraction of sp³-hybridized carbons (Fsp3) is 1.00. The van der Waals surface area contributed by atoms with Crippen LogP contribution in [0.15, 0.2) is 0 Å². The van der Waals surface area contributed by atoms with Crippen LogP contribution in [0.4, 0.5) is 0 Å². The van der Waals surface area contributed by atoms with Gasteiger partial charge < -0.3 is 0 Å². The summed E-state index contributed by atoms with van der Waals surface area (Å²) >= 11 is 2.51. The fourth-order valence-corrected chi connectivity index (χ4v) is 2.39. The zero-order valence-corrected chi connectivity index (χ0v) is 11.1. The van der Waals surface area contributed by atoms with Crippen LogP contribution in [-0.4, -0.2) is 46.1 Å². The molecular formula is C10H21IN2. The molecule has 78 valence electrons. The normalized spacial score (nSPS) is 24.7. The van der Waals surface area contributed by atoms with Crippen molar-refractivity contribution in [3.05, 3.63) is 0 Å². The van der Waals surface area contributed by atoms with Crippen LogP contribution in [0.2, 0.25) is 0 Å². The predicted molar refractivity (Wildman–Crippen MR) is 66.4 cm³/mol. The number of nitrogens with zero attached hydrogens (tertiary/aromatic N) is 2. The first-order valence-electron chi connectivity index (χ1n) is 5.23. The molecule has 0 aromatic carbocycles. The van der Waals surface area contributed by atoms with Crippen LogP contribution in [-0.2, 0) is 0 Å². The number of halogens is 1. The van der Waals surface area contributed by atoms with E-state index in [0.717, 1.165) is 0 Å². The average molecular weight is 296 g/mol. The highest BCUT2D eigenvalue weighted by atomic mass is 127. The summed E-state index contributed by atoms with van der Waals surface area (Å²) in [6.07, 6.45) is 1.32. The van der Waals surface area contributed by atoms with E-state index in [1.807, 2.05) is 0 Å². The Morgan fingerprint density at radius 2 is 1.46 bits per heavy atom. The molecule has 1 heterocycles. The minimum atomic E-state index is 0.685. The maximum Gasteiger partial charge on any atom is 0.0590 e. The molecule has 1 saturated heterocycles. The molecule has 1 unspecified atom stereocenters. The molecule has 0 radical (unpaired) electrons. The molecule has 1 aliphatic heterocycles. The van der Waals surface area contributed by atoms with Gasteiger partial charge in [0, 0.05) is 25.7 Å². The molecule has 0 spiro atoms. The van der Waals surface area contributed by atoms with Crippen LogP contribution in [0.1, 0.15) is 27.2 Å². The second kappa shape index (κ2) is 5.51. The van der Waals surface area contributed by atoms with Crippen LogP contribution in [0.25, 0.3) is 0 Å². The lowest BCUT2D eigenvalue weighted by Crippen LogP contribution is -2.36. The maximum absolute atomic E-state index is 2.58. The highest BCUT2D eigenvalue weighted by molar-refractivity contribution is 14.1. The molecule has 1 fully saturated rings. The Balaban J connectivity index is 2.39. The van der Waals surface area contributed by atoms with Crippen LogP contribution in [0.3, 0.4) is 0 Å². The molecular weight excluding hydrogens is 275 g/mol. The van der Waals surface area contributed by atoms with E-state index < -0.39 is 0 Å². The molecule has 1 aliphatic rings. The number of hydrogen-bond acceptors (Lipinski definition) is 2. The van der Waals surface area contributed by atoms with Crippen molar-refractivity contribution < 1.29 is 0 Å². The van der Waals surface area contributed by atoms with Crippen molar-refractivity contribution in [2.75, 3.05) is 26.2 Å². The Kier molecular flexibility index (Phi) is 4.97. The first kappa shape index (κ1) is 11.7. The van der Waals surface area contributed by atoms with Gasteiger partial charge in [0.25, 0.3) is 0 Å². The number of alkyl halides is 1. The first-order chi connectivity index (χ1) is 6.11. The summed E-state index contributed by atoms with van der Waals surface area (Å²) in [6.45, 7) is 11.9. The smallest absolute Gasteiger partial charge is 0.0590 e. The van der Waals surface area contributed by atoms with Crippen molar-refractivity contribution in [1.82, 2.24) is 9.80 Å². The summed E-state index contributed by atoms with van der Waals surface area (Å²) in [5.41, 5.74) is 0. The quantitative estimate of drug-likeness (QED) is 0.438. The van der Waals surface area contributed by atoms with E-state index in [1.165, 1.54) is 32.6 Å². The molecule has 0 aromatic rings. The predicted octanol–water partition coefficient (Wildman–Crippen LogP) is 2.18. The number of rotatable bonds is 2. The second-order valence-corrected chi connectivity index (χ2v) is 5.90. The zero-order chi connectivity index (χ0) is 9.84. The van der Waals surface area contributed by atoms with E-state index in [-0.39, 0.29) is 0 Å². The van der Waals surface area contributed by atoms with Gasteiger partial charge in [-0.1, -0.05) is 22.6 Å². The third-order valence-electron chi connectivity index (χ3n) is 2.80. The van der Waals surface area contributed by atoms with E-state index in [4.69, 9.17) is 0 Å². The Hall–Kier alpha value is 0.650. The third-order valence-corrected chi connectivity index (χ3v) is 3.59. The standard InChI is InChI=1S/C10H21IN2/c1-9(2)12-5-4-6-13(8-7-12)10(3)11/h9-10H,4-8H2,1-3H3. The lowest BCUT2D eigenvalue weighted by atomic mass is 10.3. The minimum absolute atomic E-state index is 0.685. The van der Waals surface area contributed by atoms with Crippen molar-refractivity contribution in [1.29, 1.82) is 0 Å². The zero-order valence-electron chi connectivity index (χ0n) is 8.96. The summed E-state index contributed by atoms with van der Waals surface area (Å²) in [4.78, 5) is 5.15. The Morgan fingerprint density at radius 1 is 0.923 bits per heavy atom. The van der Waals surface area contributed by atoms with Crippen molar-refractivity contribution in [3.8, 4) is 0 Å². The Labute approximate surface area is 95.8 Å². The van der Waals surface area contributed by atoms with E-state index in [2.05, 4.69) is 53.2 Å². The minimum Gasteiger partial charge on any atom is -0.300 e. The largest absolute Gasteiger partial charge is 0.300 e. The summed E-state index contributed by atoms with van der Waals surface area (Å²) < 4.78 is 0.685. The number of hydrogen-bond donors (Lipinski definition) is 0. The van der Waals surface area contributed by atoms with Gasteiger partial charge >= 0.3 is 0 Å². The summed E-state index contributed by atoms with van der Waals surface area (Å²) in [5.74, 6) is 0. The average Bonchev–Trinajstić information content (AvgIpc) is 2.27. The summed E-state index contributed by atoms with van der Waals surface area (Å²) in [5, 5.41) is 0. The molecule has 3 heteroatoms. The van der Waals surface area contributed by atoms with Gasteiger partial charge in [0.2, 0.25) is 0 Å². The Morgan fingerprint density at radius 3 is 2.00 bits per heavy atom. The van der Waals surface area contributed by atoms with Crippen LogP contribution in [0.5, 0.6) is 0 Å².